The molecule has 134 valence electrons. The lowest BCUT2D eigenvalue weighted by atomic mass is 10.1. The van der Waals surface area contributed by atoms with E-state index in [1.165, 1.54) is 22.2 Å². The molecule has 5 nitrogen and oxygen atoms in total. The summed E-state index contributed by atoms with van der Waals surface area (Å²) in [4.78, 5) is 26.6. The predicted molar refractivity (Wildman–Crippen MR) is 108 cm³/mol. The van der Waals surface area contributed by atoms with E-state index >= 15 is 0 Å². The van der Waals surface area contributed by atoms with E-state index in [2.05, 4.69) is 5.32 Å². The van der Waals surface area contributed by atoms with E-state index in [1.807, 2.05) is 32.0 Å². The number of anilines is 1. The highest BCUT2D eigenvalue weighted by Crippen LogP contribution is 2.32. The standard InChI is InChI=1S/C19H18N2O3S2/c1-12-5-6-14(10-13(12)2)20-17(22)7-8-21-18(23)16(26-19(21)25)11-15-4-3-9-24-15/h3-6,9-11H,7-8H2,1-2H3,(H,20,22)/b16-11+. The van der Waals surface area contributed by atoms with Gasteiger partial charge in [-0.05, 0) is 49.2 Å². The van der Waals surface area contributed by atoms with Crippen molar-refractivity contribution >= 4 is 51.9 Å². The van der Waals surface area contributed by atoms with Gasteiger partial charge in [-0.2, -0.15) is 0 Å². The summed E-state index contributed by atoms with van der Waals surface area (Å²) in [5.74, 6) is 0.241. The van der Waals surface area contributed by atoms with Crippen LogP contribution in [0.5, 0.6) is 0 Å². The Morgan fingerprint density at radius 2 is 2.12 bits per heavy atom. The Bertz CT molecular complexity index is 888. The van der Waals surface area contributed by atoms with Gasteiger partial charge in [0.25, 0.3) is 5.91 Å². The van der Waals surface area contributed by atoms with E-state index in [9.17, 15) is 9.59 Å². The average molecular weight is 386 g/mol. The van der Waals surface area contributed by atoms with E-state index in [-0.39, 0.29) is 24.8 Å². The van der Waals surface area contributed by atoms with Gasteiger partial charge < -0.3 is 9.73 Å². The zero-order valence-corrected chi connectivity index (χ0v) is 16.1. The highest BCUT2D eigenvalue weighted by molar-refractivity contribution is 8.26. The Hall–Kier alpha value is -2.38. The molecule has 2 heterocycles. The second-order valence-electron chi connectivity index (χ2n) is 5.95. The van der Waals surface area contributed by atoms with Crippen LogP contribution in [0.15, 0.2) is 45.9 Å². The molecule has 1 fully saturated rings. The number of benzene rings is 1. The molecular weight excluding hydrogens is 368 g/mol. The second-order valence-corrected chi connectivity index (χ2v) is 7.62. The van der Waals surface area contributed by atoms with Crippen molar-refractivity contribution in [3.05, 3.63) is 58.4 Å². The highest BCUT2D eigenvalue weighted by Gasteiger charge is 2.32. The maximum Gasteiger partial charge on any atom is 0.266 e. The Labute approximate surface area is 161 Å². The van der Waals surface area contributed by atoms with Crippen molar-refractivity contribution in [1.82, 2.24) is 4.90 Å². The van der Waals surface area contributed by atoms with Crippen LogP contribution in [0.25, 0.3) is 6.08 Å². The van der Waals surface area contributed by atoms with Crippen molar-refractivity contribution in [2.24, 2.45) is 0 Å². The molecule has 1 aliphatic rings. The highest BCUT2D eigenvalue weighted by atomic mass is 32.2. The molecule has 1 N–H and O–H groups in total. The lowest BCUT2D eigenvalue weighted by Crippen LogP contribution is -2.31. The quantitative estimate of drug-likeness (QED) is 0.618. The van der Waals surface area contributed by atoms with E-state index in [4.69, 9.17) is 16.6 Å². The number of furan rings is 1. The van der Waals surface area contributed by atoms with Crippen LogP contribution in [0.4, 0.5) is 5.69 Å². The molecule has 1 aliphatic heterocycles. The molecule has 1 aromatic carbocycles. The molecule has 1 saturated heterocycles. The molecule has 3 rings (SSSR count). The van der Waals surface area contributed by atoms with Gasteiger partial charge in [0.05, 0.1) is 11.2 Å². The predicted octanol–water partition coefficient (Wildman–Crippen LogP) is 4.13. The van der Waals surface area contributed by atoms with Crippen LogP contribution in [0.2, 0.25) is 0 Å². The fourth-order valence-corrected chi connectivity index (χ4v) is 3.74. The van der Waals surface area contributed by atoms with Crippen LogP contribution in [-0.4, -0.2) is 27.6 Å². The van der Waals surface area contributed by atoms with E-state index in [0.717, 1.165) is 11.3 Å². The van der Waals surface area contributed by atoms with Crippen LogP contribution in [0.1, 0.15) is 23.3 Å². The van der Waals surface area contributed by atoms with Gasteiger partial charge in [0.15, 0.2) is 0 Å². The van der Waals surface area contributed by atoms with Crippen LogP contribution in [0, 0.1) is 13.8 Å². The van der Waals surface area contributed by atoms with Gasteiger partial charge in [-0.1, -0.05) is 30.0 Å². The van der Waals surface area contributed by atoms with Gasteiger partial charge in [-0.25, -0.2) is 0 Å². The molecule has 0 unspecified atom stereocenters. The Kier molecular flexibility index (Phi) is 5.58. The summed E-state index contributed by atoms with van der Waals surface area (Å²) in [6, 6.07) is 9.28. The van der Waals surface area contributed by atoms with Crippen molar-refractivity contribution in [2.45, 2.75) is 20.3 Å². The first kappa shape index (κ1) is 18.4. The van der Waals surface area contributed by atoms with Gasteiger partial charge >= 0.3 is 0 Å². The monoisotopic (exact) mass is 386 g/mol. The number of aryl methyl sites for hydroxylation is 2. The lowest BCUT2D eigenvalue weighted by molar-refractivity contribution is -0.122. The molecular formula is C19H18N2O3S2. The van der Waals surface area contributed by atoms with Crippen molar-refractivity contribution in [3.8, 4) is 0 Å². The maximum absolute atomic E-state index is 12.5. The topological polar surface area (TPSA) is 62.6 Å². The third kappa shape index (κ3) is 4.23. The minimum Gasteiger partial charge on any atom is -0.465 e. The molecule has 1 aromatic heterocycles. The number of nitrogens with zero attached hydrogens (tertiary/aromatic N) is 1. The zero-order valence-electron chi connectivity index (χ0n) is 14.4. The molecule has 0 bridgehead atoms. The number of rotatable bonds is 5. The smallest absolute Gasteiger partial charge is 0.266 e. The molecule has 0 aliphatic carbocycles. The summed E-state index contributed by atoms with van der Waals surface area (Å²) in [5.41, 5.74) is 3.04. The first-order chi connectivity index (χ1) is 12.4. The number of hydrogen-bond acceptors (Lipinski definition) is 5. The molecule has 2 amide bonds. The van der Waals surface area contributed by atoms with Gasteiger partial charge in [-0.15, -0.1) is 0 Å². The van der Waals surface area contributed by atoms with E-state index < -0.39 is 0 Å². The van der Waals surface area contributed by atoms with Crippen LogP contribution < -0.4 is 5.32 Å². The summed E-state index contributed by atoms with van der Waals surface area (Å²) in [7, 11) is 0. The van der Waals surface area contributed by atoms with E-state index in [0.29, 0.717) is 15.0 Å². The Morgan fingerprint density at radius 1 is 1.31 bits per heavy atom. The van der Waals surface area contributed by atoms with Gasteiger partial charge in [0.2, 0.25) is 5.91 Å². The van der Waals surface area contributed by atoms with Crippen molar-refractivity contribution in [3.63, 3.8) is 0 Å². The number of hydrogen-bond donors (Lipinski definition) is 1. The second kappa shape index (κ2) is 7.88. The van der Waals surface area contributed by atoms with E-state index in [1.54, 1.807) is 24.5 Å². The van der Waals surface area contributed by atoms with Crippen molar-refractivity contribution in [2.75, 3.05) is 11.9 Å². The number of nitrogens with one attached hydrogen (secondary N) is 1. The van der Waals surface area contributed by atoms with Gasteiger partial charge in [-0.3, -0.25) is 14.5 Å². The summed E-state index contributed by atoms with van der Waals surface area (Å²) in [6.07, 6.45) is 3.38. The third-order valence-corrected chi connectivity index (χ3v) is 5.42. The van der Waals surface area contributed by atoms with Crippen LogP contribution in [-0.2, 0) is 9.59 Å². The average Bonchev–Trinajstić information content (AvgIpc) is 3.19. The summed E-state index contributed by atoms with van der Waals surface area (Å²) < 4.78 is 5.68. The number of thioether (sulfide) groups is 1. The summed E-state index contributed by atoms with van der Waals surface area (Å²) in [6.45, 7) is 4.26. The number of carbonyl (C=O) groups excluding carboxylic acids is 2. The zero-order chi connectivity index (χ0) is 18.7. The number of carbonyl (C=O) groups is 2. The molecule has 0 radical (unpaired) electrons. The first-order valence-electron chi connectivity index (χ1n) is 8.10. The molecule has 2 aromatic rings. The fourth-order valence-electron chi connectivity index (χ4n) is 2.45. The number of thiocarbonyl (C=S) groups is 1. The summed E-state index contributed by atoms with van der Waals surface area (Å²) in [5, 5.41) is 2.85. The van der Waals surface area contributed by atoms with Crippen LogP contribution >= 0.6 is 24.0 Å². The molecule has 7 heteroatoms. The molecule has 0 spiro atoms. The maximum atomic E-state index is 12.5. The minimum absolute atomic E-state index is 0.155. The number of amides is 2. The summed E-state index contributed by atoms with van der Waals surface area (Å²) >= 11 is 6.48. The Balaban J connectivity index is 1.58. The lowest BCUT2D eigenvalue weighted by Gasteiger charge is -2.14. The Morgan fingerprint density at radius 3 is 2.81 bits per heavy atom. The molecule has 0 atom stereocenters. The van der Waals surface area contributed by atoms with Gasteiger partial charge in [0, 0.05) is 24.7 Å². The first-order valence-corrected chi connectivity index (χ1v) is 9.32. The van der Waals surface area contributed by atoms with Crippen molar-refractivity contribution < 1.29 is 14.0 Å². The SMILES string of the molecule is Cc1ccc(NC(=O)CCN2C(=O)/C(=C\c3ccco3)SC2=S)cc1C. The molecule has 26 heavy (non-hydrogen) atoms. The molecule has 0 saturated carbocycles. The fraction of sp³-hybridized carbons (Fsp3) is 0.211. The van der Waals surface area contributed by atoms with Crippen molar-refractivity contribution in [1.29, 1.82) is 0 Å². The van der Waals surface area contributed by atoms with Gasteiger partial charge in [0.1, 0.15) is 10.1 Å². The normalized spacial score (nSPS) is 15.8. The third-order valence-electron chi connectivity index (χ3n) is 4.04. The van der Waals surface area contributed by atoms with Crippen LogP contribution in [0.3, 0.4) is 0 Å². The minimum atomic E-state index is -0.199. The largest absolute Gasteiger partial charge is 0.465 e.